The Morgan fingerprint density at radius 3 is 2.68 bits per heavy atom. The Morgan fingerprint density at radius 1 is 1.47 bits per heavy atom. The highest BCUT2D eigenvalue weighted by Gasteiger charge is 2.16. The number of hydrogen-bond acceptors (Lipinski definition) is 3. The number of aryl methyl sites for hydroxylation is 1. The molecule has 1 rings (SSSR count). The van der Waals surface area contributed by atoms with Gasteiger partial charge >= 0.3 is 5.97 Å². The van der Waals surface area contributed by atoms with E-state index in [1.54, 1.807) is 19.1 Å². The van der Waals surface area contributed by atoms with Gasteiger partial charge in [-0.15, -0.1) is 0 Å². The lowest BCUT2D eigenvalue weighted by Crippen LogP contribution is -2.33. The van der Waals surface area contributed by atoms with Gasteiger partial charge in [0, 0.05) is 11.6 Å². The van der Waals surface area contributed by atoms with Crippen LogP contribution >= 0.6 is 0 Å². The Balaban J connectivity index is 3.05. The molecular weight excluding hydrogens is 246 g/mol. The van der Waals surface area contributed by atoms with E-state index in [1.165, 1.54) is 6.08 Å². The number of carboxylic acids is 1. The summed E-state index contributed by atoms with van der Waals surface area (Å²) in [5, 5.41) is 8.65. The van der Waals surface area contributed by atoms with Crippen LogP contribution in [-0.4, -0.2) is 23.1 Å². The molecular formula is C14H17NO4. The lowest BCUT2D eigenvalue weighted by molar-refractivity contribution is -0.131. The third kappa shape index (κ3) is 4.46. The van der Waals surface area contributed by atoms with Crippen molar-refractivity contribution in [2.75, 3.05) is 0 Å². The van der Waals surface area contributed by atoms with E-state index in [-0.39, 0.29) is 0 Å². The summed E-state index contributed by atoms with van der Waals surface area (Å²) in [7, 11) is 0. The summed E-state index contributed by atoms with van der Waals surface area (Å²) >= 11 is 0. The molecule has 19 heavy (non-hydrogen) atoms. The molecule has 0 radical (unpaired) electrons. The number of nitrogens with two attached hydrogens (primary N) is 1. The van der Waals surface area contributed by atoms with Gasteiger partial charge < -0.3 is 15.6 Å². The van der Waals surface area contributed by atoms with Gasteiger partial charge in [-0.2, -0.15) is 0 Å². The second-order valence-corrected chi connectivity index (χ2v) is 4.13. The van der Waals surface area contributed by atoms with Crippen molar-refractivity contribution in [1.82, 2.24) is 0 Å². The lowest BCUT2D eigenvalue weighted by atomic mass is 10.1. The van der Waals surface area contributed by atoms with Crippen molar-refractivity contribution in [3.63, 3.8) is 0 Å². The zero-order chi connectivity index (χ0) is 14.4. The third-order valence-corrected chi connectivity index (χ3v) is 2.53. The average molecular weight is 263 g/mol. The van der Waals surface area contributed by atoms with Crippen LogP contribution < -0.4 is 10.5 Å². The number of carboxylic acid groups (broad SMARTS) is 1. The van der Waals surface area contributed by atoms with Crippen molar-refractivity contribution in [3.05, 3.63) is 35.4 Å². The molecule has 102 valence electrons. The quantitative estimate of drug-likeness (QED) is 0.765. The maximum atomic E-state index is 11.2. The van der Waals surface area contributed by atoms with Gasteiger partial charge in [0.1, 0.15) is 5.75 Å². The number of hydrogen-bond donors (Lipinski definition) is 2. The molecule has 1 amide bonds. The van der Waals surface area contributed by atoms with Crippen molar-refractivity contribution in [3.8, 4) is 5.75 Å². The van der Waals surface area contributed by atoms with Crippen molar-refractivity contribution in [2.45, 2.75) is 26.4 Å². The molecule has 0 aromatic heterocycles. The molecule has 0 saturated heterocycles. The molecule has 1 atom stereocenters. The summed E-state index contributed by atoms with van der Waals surface area (Å²) in [6.07, 6.45) is 2.18. The minimum Gasteiger partial charge on any atom is -0.480 e. The molecule has 5 heteroatoms. The summed E-state index contributed by atoms with van der Waals surface area (Å²) in [5.41, 5.74) is 6.78. The van der Waals surface area contributed by atoms with Gasteiger partial charge in [0.2, 0.25) is 0 Å². The molecule has 0 fully saturated rings. The summed E-state index contributed by atoms with van der Waals surface area (Å²) < 4.78 is 5.52. The summed E-state index contributed by atoms with van der Waals surface area (Å²) in [4.78, 5) is 21.7. The van der Waals surface area contributed by atoms with E-state index < -0.39 is 18.0 Å². The largest absolute Gasteiger partial charge is 0.480 e. The van der Waals surface area contributed by atoms with Crippen LogP contribution in [0.1, 0.15) is 24.5 Å². The van der Waals surface area contributed by atoms with E-state index >= 15 is 0 Å². The molecule has 0 spiro atoms. The zero-order valence-corrected chi connectivity index (χ0v) is 10.9. The van der Waals surface area contributed by atoms with Gasteiger partial charge in [0.05, 0.1) is 0 Å². The Hall–Kier alpha value is -2.30. The van der Waals surface area contributed by atoms with Crippen LogP contribution in [0.5, 0.6) is 5.75 Å². The lowest BCUT2D eigenvalue weighted by Gasteiger charge is -2.16. The molecule has 3 N–H and O–H groups in total. The van der Waals surface area contributed by atoms with Crippen molar-refractivity contribution in [1.29, 1.82) is 0 Å². The van der Waals surface area contributed by atoms with Crippen molar-refractivity contribution in [2.24, 2.45) is 5.73 Å². The Morgan fingerprint density at radius 2 is 2.16 bits per heavy atom. The highest BCUT2D eigenvalue weighted by atomic mass is 16.5. The van der Waals surface area contributed by atoms with Gasteiger partial charge in [0.15, 0.2) is 6.10 Å². The minimum absolute atomic E-state index is 0.439. The predicted molar refractivity (Wildman–Crippen MR) is 71.8 cm³/mol. The minimum atomic E-state index is -1.05. The second kappa shape index (κ2) is 6.58. The maximum Gasteiger partial charge on any atom is 0.328 e. The highest BCUT2D eigenvalue weighted by Crippen LogP contribution is 2.23. The first-order valence-electron chi connectivity index (χ1n) is 5.91. The van der Waals surface area contributed by atoms with Crippen LogP contribution in [0.3, 0.4) is 0 Å². The van der Waals surface area contributed by atoms with E-state index in [4.69, 9.17) is 15.6 Å². The number of rotatable bonds is 6. The fourth-order valence-electron chi connectivity index (χ4n) is 1.56. The number of ether oxygens (including phenoxy) is 1. The first-order valence-corrected chi connectivity index (χ1v) is 5.91. The number of primary amides is 1. The average Bonchev–Trinajstić information content (AvgIpc) is 2.34. The highest BCUT2D eigenvalue weighted by molar-refractivity contribution is 5.86. The van der Waals surface area contributed by atoms with E-state index in [2.05, 4.69) is 0 Å². The zero-order valence-electron chi connectivity index (χ0n) is 10.9. The monoisotopic (exact) mass is 263 g/mol. The van der Waals surface area contributed by atoms with E-state index in [0.717, 1.165) is 11.6 Å². The Bertz CT molecular complexity index is 508. The molecule has 0 aliphatic heterocycles. The number of amides is 1. The van der Waals surface area contributed by atoms with Crippen LogP contribution in [0.25, 0.3) is 6.08 Å². The smallest absolute Gasteiger partial charge is 0.328 e. The van der Waals surface area contributed by atoms with Crippen LogP contribution in [-0.2, 0) is 9.59 Å². The molecule has 1 aromatic rings. The third-order valence-electron chi connectivity index (χ3n) is 2.53. The van der Waals surface area contributed by atoms with E-state index in [1.807, 2.05) is 13.0 Å². The SMILES string of the molecule is CCC(Oc1ccc(C)cc1C=CC(=O)O)C(N)=O. The van der Waals surface area contributed by atoms with Gasteiger partial charge in [-0.3, -0.25) is 4.79 Å². The molecule has 1 unspecified atom stereocenters. The van der Waals surface area contributed by atoms with Gasteiger partial charge in [-0.1, -0.05) is 18.6 Å². The fraction of sp³-hybridized carbons (Fsp3) is 0.286. The molecule has 5 nitrogen and oxygen atoms in total. The molecule has 0 aliphatic carbocycles. The first kappa shape index (κ1) is 14.8. The molecule has 0 aliphatic rings. The number of aliphatic carboxylic acids is 1. The van der Waals surface area contributed by atoms with Crippen LogP contribution in [0.2, 0.25) is 0 Å². The Labute approximate surface area is 111 Å². The van der Waals surface area contributed by atoms with Gasteiger partial charge in [0.25, 0.3) is 5.91 Å². The molecule has 0 bridgehead atoms. The summed E-state index contributed by atoms with van der Waals surface area (Å²) in [5.74, 6) is -1.15. The van der Waals surface area contributed by atoms with Gasteiger partial charge in [-0.05, 0) is 31.6 Å². The summed E-state index contributed by atoms with van der Waals surface area (Å²) in [6, 6.07) is 5.30. The number of benzene rings is 1. The molecule has 0 saturated carbocycles. The standard InChI is InChI=1S/C14H17NO4/c1-3-11(14(15)18)19-12-6-4-9(2)8-10(12)5-7-13(16)17/h4-8,11H,3H2,1-2H3,(H2,15,18)(H,16,17). The molecule has 1 aromatic carbocycles. The van der Waals surface area contributed by atoms with E-state index in [9.17, 15) is 9.59 Å². The van der Waals surface area contributed by atoms with Crippen LogP contribution in [0, 0.1) is 6.92 Å². The topological polar surface area (TPSA) is 89.6 Å². The van der Waals surface area contributed by atoms with Crippen molar-refractivity contribution >= 4 is 18.0 Å². The number of carbonyl (C=O) groups is 2. The normalized spacial score (nSPS) is 12.3. The molecule has 0 heterocycles. The summed E-state index contributed by atoms with van der Waals surface area (Å²) in [6.45, 7) is 3.67. The Kier molecular flexibility index (Phi) is 5.11. The second-order valence-electron chi connectivity index (χ2n) is 4.13. The van der Waals surface area contributed by atoms with E-state index in [0.29, 0.717) is 17.7 Å². The maximum absolute atomic E-state index is 11.2. The van der Waals surface area contributed by atoms with Crippen LogP contribution in [0.4, 0.5) is 0 Å². The van der Waals surface area contributed by atoms with Crippen LogP contribution in [0.15, 0.2) is 24.3 Å². The van der Waals surface area contributed by atoms with Gasteiger partial charge in [-0.25, -0.2) is 4.79 Å². The van der Waals surface area contributed by atoms with Crippen molar-refractivity contribution < 1.29 is 19.4 Å². The fourth-order valence-corrected chi connectivity index (χ4v) is 1.56. The predicted octanol–water partition coefficient (Wildman–Crippen LogP) is 1.74. The number of carbonyl (C=O) groups excluding carboxylic acids is 1. The first-order chi connectivity index (χ1) is 8.93.